The first-order valence-electron chi connectivity index (χ1n) is 16.5. The molecule has 3 aromatic rings. The highest BCUT2D eigenvalue weighted by Crippen LogP contribution is 2.28. The minimum absolute atomic E-state index is 0.00476. The van der Waals surface area contributed by atoms with Crippen LogP contribution < -0.4 is 16.4 Å². The summed E-state index contributed by atoms with van der Waals surface area (Å²) in [5.74, 6) is -3.25. The number of nitro benzene ring substituents is 1. The molecule has 0 saturated carbocycles. The third kappa shape index (κ3) is 11.6. The number of Topliss-reactive ketones (excluding diaryl/α,β-unsaturated/α-hetero) is 2. The number of aromatic nitrogens is 2. The average Bonchev–Trinajstić information content (AvgIpc) is 3.56. The van der Waals surface area contributed by atoms with Crippen molar-refractivity contribution < 1.29 is 33.9 Å². The molecule has 270 valence electrons. The molecule has 3 unspecified atom stereocenters. The van der Waals surface area contributed by atoms with E-state index in [1.54, 1.807) is 52.0 Å². The fourth-order valence-corrected chi connectivity index (χ4v) is 5.34. The number of aliphatic hydroxyl groups excluding tert-OH is 1. The van der Waals surface area contributed by atoms with Crippen LogP contribution in [0.4, 0.5) is 10.5 Å². The summed E-state index contributed by atoms with van der Waals surface area (Å²) in [4.78, 5) is 72.1. The van der Waals surface area contributed by atoms with Crippen LogP contribution in [0.15, 0.2) is 67.1 Å². The number of ketones is 2. The van der Waals surface area contributed by atoms with Crippen molar-refractivity contribution in [3.05, 3.63) is 94.1 Å². The summed E-state index contributed by atoms with van der Waals surface area (Å²) in [6.07, 6.45) is 0.255. The van der Waals surface area contributed by atoms with Gasteiger partial charge in [-0.2, -0.15) is 0 Å². The molecule has 0 bridgehead atoms. The fraction of sp³-hybridized carbons (Fsp3) is 0.472. The highest BCUT2D eigenvalue weighted by molar-refractivity contribution is 5.96. The Kier molecular flexibility index (Phi) is 13.9. The van der Waals surface area contributed by atoms with Gasteiger partial charge in [0.25, 0.3) is 5.69 Å². The Bertz CT molecular complexity index is 1590. The van der Waals surface area contributed by atoms with Crippen molar-refractivity contribution in [2.24, 2.45) is 17.6 Å². The van der Waals surface area contributed by atoms with Gasteiger partial charge in [-0.05, 0) is 37.8 Å². The lowest BCUT2D eigenvalue weighted by Gasteiger charge is -2.31. The molecule has 50 heavy (non-hydrogen) atoms. The zero-order chi connectivity index (χ0) is 37.2. The van der Waals surface area contributed by atoms with Crippen LogP contribution in [-0.2, 0) is 32.0 Å². The number of carbonyl (C=O) groups is 4. The highest BCUT2D eigenvalue weighted by Gasteiger charge is 2.39. The van der Waals surface area contributed by atoms with Crippen LogP contribution in [-0.4, -0.2) is 73.4 Å². The van der Waals surface area contributed by atoms with Crippen molar-refractivity contribution in [1.29, 1.82) is 0 Å². The van der Waals surface area contributed by atoms with Gasteiger partial charge in [-0.1, -0.05) is 63.2 Å². The fourth-order valence-electron chi connectivity index (χ4n) is 5.34. The normalized spacial score (nSPS) is 15.2. The summed E-state index contributed by atoms with van der Waals surface area (Å²) in [5, 5.41) is 28.0. The number of imidazole rings is 1. The third-order valence-electron chi connectivity index (χ3n) is 8.45. The number of nitro groups is 1. The number of aliphatic hydroxyl groups is 1. The lowest BCUT2D eigenvalue weighted by atomic mass is 9.79. The molecular weight excluding hydrogens is 644 g/mol. The number of H-pyrrole nitrogens is 1. The molecule has 6 atom stereocenters. The summed E-state index contributed by atoms with van der Waals surface area (Å²) in [6.45, 7) is 10.6. The van der Waals surface area contributed by atoms with Gasteiger partial charge in [0.15, 0.2) is 5.78 Å². The topological polar surface area (TPSA) is 220 Å². The number of nitrogens with two attached hydrogens (primary N) is 1. The first kappa shape index (κ1) is 39.5. The number of carbonyl (C=O) groups excluding carboxylic acids is 4. The van der Waals surface area contributed by atoms with Crippen molar-refractivity contribution in [2.75, 3.05) is 0 Å². The second kappa shape index (κ2) is 17.6. The number of benzene rings is 2. The second-order valence-electron chi connectivity index (χ2n) is 13.8. The minimum atomic E-state index is -1.46. The van der Waals surface area contributed by atoms with Crippen molar-refractivity contribution in [3.63, 3.8) is 0 Å². The number of ether oxygens (including phenoxy) is 1. The standard InChI is InChI=1S/C36H48N6O8/c1-21(2)22(3)29(43)18-30(44)32(37)31(24-12-14-26(15-13-24)42(48)49)33(45)27(17-25-19-38-20-39-25)40-34(46)28(16-23-10-8-7-9-11-23)41-35(47)50-36(4,5)6/h7-15,19-22,27-28,30-32,44H,16-18,37H2,1-6H3,(H,38,39)(H,40,46)(H,41,47)/t22-,27-,28-,30?,31?,32?/m0/s1. The van der Waals surface area contributed by atoms with Gasteiger partial charge in [-0.25, -0.2) is 9.78 Å². The summed E-state index contributed by atoms with van der Waals surface area (Å²) < 4.78 is 5.41. The molecule has 0 aliphatic rings. The Morgan fingerprint density at radius 3 is 2.16 bits per heavy atom. The molecule has 0 aliphatic carbocycles. The Morgan fingerprint density at radius 2 is 1.62 bits per heavy atom. The van der Waals surface area contributed by atoms with E-state index in [1.165, 1.54) is 36.8 Å². The molecule has 0 radical (unpaired) electrons. The van der Waals surface area contributed by atoms with Gasteiger partial charge in [0.05, 0.1) is 29.3 Å². The van der Waals surface area contributed by atoms with E-state index in [9.17, 15) is 34.4 Å². The van der Waals surface area contributed by atoms with Crippen molar-refractivity contribution in [3.8, 4) is 0 Å². The molecule has 2 aromatic carbocycles. The third-order valence-corrected chi connectivity index (χ3v) is 8.45. The number of non-ortho nitro benzene ring substituents is 1. The minimum Gasteiger partial charge on any atom is -0.444 e. The van der Waals surface area contributed by atoms with E-state index in [1.807, 2.05) is 19.9 Å². The van der Waals surface area contributed by atoms with Crippen molar-refractivity contribution in [2.45, 2.75) is 96.6 Å². The summed E-state index contributed by atoms with van der Waals surface area (Å²) in [5.41, 5.74) is 6.97. The molecule has 0 spiro atoms. The monoisotopic (exact) mass is 692 g/mol. The Labute approximate surface area is 291 Å². The lowest BCUT2D eigenvalue weighted by molar-refractivity contribution is -0.384. The summed E-state index contributed by atoms with van der Waals surface area (Å²) >= 11 is 0. The summed E-state index contributed by atoms with van der Waals surface area (Å²) in [7, 11) is 0. The van der Waals surface area contributed by atoms with E-state index in [2.05, 4.69) is 20.6 Å². The number of nitrogens with zero attached hydrogens (tertiary/aromatic N) is 2. The number of nitrogens with one attached hydrogen (secondary N) is 3. The maximum absolute atomic E-state index is 14.6. The van der Waals surface area contributed by atoms with Gasteiger partial charge in [-0.3, -0.25) is 24.5 Å². The molecule has 3 rings (SSSR count). The molecule has 1 heterocycles. The van der Waals surface area contributed by atoms with Gasteiger partial charge < -0.3 is 31.2 Å². The molecule has 1 aromatic heterocycles. The van der Waals surface area contributed by atoms with E-state index in [0.29, 0.717) is 5.69 Å². The maximum Gasteiger partial charge on any atom is 0.408 e. The summed E-state index contributed by atoms with van der Waals surface area (Å²) in [6, 6.07) is 10.3. The molecule has 6 N–H and O–H groups in total. The van der Waals surface area contributed by atoms with Crippen LogP contribution in [0.25, 0.3) is 0 Å². The van der Waals surface area contributed by atoms with Crippen LogP contribution in [0.1, 0.15) is 70.7 Å². The Hall–Kier alpha value is -4.95. The van der Waals surface area contributed by atoms with E-state index in [-0.39, 0.29) is 48.1 Å². The zero-order valence-corrected chi connectivity index (χ0v) is 29.3. The molecule has 0 saturated heterocycles. The van der Waals surface area contributed by atoms with Crippen LogP contribution in [0.3, 0.4) is 0 Å². The van der Waals surface area contributed by atoms with Crippen molar-refractivity contribution in [1.82, 2.24) is 20.6 Å². The highest BCUT2D eigenvalue weighted by atomic mass is 16.6. The van der Waals surface area contributed by atoms with Crippen molar-refractivity contribution >= 4 is 29.3 Å². The molecule has 2 amide bonds. The number of aromatic amines is 1. The quantitative estimate of drug-likeness (QED) is 0.102. The predicted molar refractivity (Wildman–Crippen MR) is 186 cm³/mol. The number of rotatable bonds is 17. The first-order valence-corrected chi connectivity index (χ1v) is 16.5. The largest absolute Gasteiger partial charge is 0.444 e. The molecular formula is C36H48N6O8. The van der Waals surface area contributed by atoms with Gasteiger partial charge in [0, 0.05) is 55.2 Å². The number of alkyl carbamates (subject to hydrolysis) is 1. The van der Waals surface area contributed by atoms with Crippen LogP contribution in [0, 0.1) is 22.0 Å². The van der Waals surface area contributed by atoms with Crippen LogP contribution >= 0.6 is 0 Å². The van der Waals surface area contributed by atoms with E-state index >= 15 is 0 Å². The smallest absolute Gasteiger partial charge is 0.408 e. The number of hydrogen-bond acceptors (Lipinski definition) is 10. The second-order valence-corrected chi connectivity index (χ2v) is 13.8. The van der Waals surface area contributed by atoms with Crippen LogP contribution in [0.2, 0.25) is 0 Å². The molecule has 0 fully saturated rings. The van der Waals surface area contributed by atoms with Gasteiger partial charge in [0.1, 0.15) is 17.4 Å². The number of amides is 2. The van der Waals surface area contributed by atoms with E-state index in [4.69, 9.17) is 10.5 Å². The Balaban J connectivity index is 2.02. The lowest BCUT2D eigenvalue weighted by Crippen LogP contribution is -2.56. The van der Waals surface area contributed by atoms with Gasteiger partial charge in [-0.15, -0.1) is 0 Å². The van der Waals surface area contributed by atoms with E-state index < -0.39 is 58.5 Å². The Morgan fingerprint density at radius 1 is 0.980 bits per heavy atom. The first-order chi connectivity index (χ1) is 23.5. The van der Waals surface area contributed by atoms with Gasteiger partial charge >= 0.3 is 6.09 Å². The molecule has 14 heteroatoms. The maximum atomic E-state index is 14.6. The van der Waals surface area contributed by atoms with Gasteiger partial charge in [0.2, 0.25) is 5.91 Å². The average molecular weight is 693 g/mol. The van der Waals surface area contributed by atoms with E-state index in [0.717, 1.165) is 5.56 Å². The number of hydrogen-bond donors (Lipinski definition) is 5. The SMILES string of the molecule is CC(C)[C@H](C)C(=O)CC(O)C(N)C(C(=O)[C@H](Cc1cnc[nH]1)NC(=O)[C@H](Cc1ccccc1)NC(=O)OC(C)(C)C)c1ccc([N+](=O)[O-])cc1. The zero-order valence-electron chi connectivity index (χ0n) is 29.3. The molecule has 14 nitrogen and oxygen atoms in total. The predicted octanol–water partition coefficient (Wildman–Crippen LogP) is 3.77. The molecule has 0 aliphatic heterocycles. The van der Waals surface area contributed by atoms with Crippen LogP contribution in [0.5, 0.6) is 0 Å².